The van der Waals surface area contributed by atoms with Crippen LogP contribution in [0.4, 0.5) is 11.5 Å². The van der Waals surface area contributed by atoms with Crippen LogP contribution in [0.2, 0.25) is 0 Å². The number of nitrogens with one attached hydrogen (secondary N) is 1. The number of anilines is 2. The molecule has 1 amide bonds. The number of nitrogen functional groups attached to an aromatic ring is 1. The lowest BCUT2D eigenvalue weighted by molar-refractivity contribution is -0.127. The Morgan fingerprint density at radius 1 is 1.53 bits per heavy atom. The fourth-order valence-electron chi connectivity index (χ4n) is 1.54. The van der Waals surface area contributed by atoms with E-state index in [1.54, 1.807) is 16.6 Å². The molecule has 0 saturated heterocycles. The van der Waals surface area contributed by atoms with Gasteiger partial charge in [0.15, 0.2) is 0 Å². The van der Waals surface area contributed by atoms with Gasteiger partial charge in [0.2, 0.25) is 5.91 Å². The molecular weight excluding hydrogens is 218 g/mol. The Morgan fingerprint density at radius 3 is 2.65 bits per heavy atom. The number of nitrogens with two attached hydrogens (primary N) is 1. The van der Waals surface area contributed by atoms with E-state index in [1.807, 2.05) is 20.9 Å². The number of aryl methyl sites for hydroxylation is 2. The van der Waals surface area contributed by atoms with Gasteiger partial charge in [-0.15, -0.1) is 0 Å². The molecule has 17 heavy (non-hydrogen) atoms. The summed E-state index contributed by atoms with van der Waals surface area (Å²) in [5.41, 5.74) is 7.42. The van der Waals surface area contributed by atoms with E-state index in [4.69, 9.17) is 5.73 Å². The first-order valence-electron chi connectivity index (χ1n) is 5.80. The standard InChI is InChI=1S/C11H21N5O/c1-5-8-10(12)11(16(4)14-8)13-7-9(17)15(3)6-2/h13H,5-7,12H2,1-4H3. The Bertz CT molecular complexity index is 399. The molecular formula is C11H21N5O. The molecule has 6 heteroatoms. The molecule has 0 radical (unpaired) electrons. The van der Waals surface area contributed by atoms with Gasteiger partial charge in [0.1, 0.15) is 5.82 Å². The molecule has 1 aromatic rings. The van der Waals surface area contributed by atoms with Crippen LogP contribution in [-0.2, 0) is 18.3 Å². The first-order valence-corrected chi connectivity index (χ1v) is 5.80. The molecule has 0 aliphatic heterocycles. The first kappa shape index (κ1) is 13.3. The van der Waals surface area contributed by atoms with E-state index in [-0.39, 0.29) is 12.5 Å². The van der Waals surface area contributed by atoms with Crippen LogP contribution in [0.3, 0.4) is 0 Å². The third kappa shape index (κ3) is 2.89. The fourth-order valence-corrected chi connectivity index (χ4v) is 1.54. The van der Waals surface area contributed by atoms with Gasteiger partial charge < -0.3 is 16.0 Å². The highest BCUT2D eigenvalue weighted by molar-refractivity contribution is 5.81. The summed E-state index contributed by atoms with van der Waals surface area (Å²) in [6, 6.07) is 0. The molecule has 0 bridgehead atoms. The van der Waals surface area contributed by atoms with Crippen molar-refractivity contribution in [2.24, 2.45) is 7.05 Å². The van der Waals surface area contributed by atoms with E-state index < -0.39 is 0 Å². The van der Waals surface area contributed by atoms with E-state index in [1.165, 1.54) is 0 Å². The van der Waals surface area contributed by atoms with Crippen LogP contribution in [0.1, 0.15) is 19.5 Å². The topological polar surface area (TPSA) is 76.2 Å². The molecule has 1 heterocycles. The van der Waals surface area contributed by atoms with E-state index in [2.05, 4.69) is 10.4 Å². The van der Waals surface area contributed by atoms with Crippen LogP contribution in [0.15, 0.2) is 0 Å². The number of likely N-dealkylation sites (N-methyl/N-ethyl adjacent to an activating group) is 1. The third-order valence-corrected chi connectivity index (χ3v) is 2.80. The Labute approximate surface area is 102 Å². The number of carbonyl (C=O) groups excluding carboxylic acids is 1. The van der Waals surface area contributed by atoms with E-state index in [0.29, 0.717) is 18.1 Å². The minimum atomic E-state index is 0.0335. The molecule has 0 unspecified atom stereocenters. The number of rotatable bonds is 5. The SMILES string of the molecule is CCc1nn(C)c(NCC(=O)N(C)CC)c1N. The maximum atomic E-state index is 11.6. The van der Waals surface area contributed by atoms with E-state index >= 15 is 0 Å². The molecule has 6 nitrogen and oxygen atoms in total. The number of carbonyl (C=O) groups is 1. The highest BCUT2D eigenvalue weighted by Gasteiger charge is 2.13. The first-order chi connectivity index (χ1) is 8.01. The number of hydrogen-bond donors (Lipinski definition) is 2. The number of nitrogens with zero attached hydrogens (tertiary/aromatic N) is 3. The van der Waals surface area contributed by atoms with Crippen LogP contribution >= 0.6 is 0 Å². The van der Waals surface area contributed by atoms with Gasteiger partial charge in [-0.05, 0) is 13.3 Å². The van der Waals surface area contributed by atoms with Gasteiger partial charge in [0, 0.05) is 20.6 Å². The molecule has 96 valence electrons. The molecule has 0 aliphatic carbocycles. The monoisotopic (exact) mass is 239 g/mol. The predicted octanol–water partition coefficient (Wildman–Crippen LogP) is 0.455. The van der Waals surface area contributed by atoms with Crippen molar-refractivity contribution in [2.75, 3.05) is 31.2 Å². The van der Waals surface area contributed by atoms with Crippen LogP contribution < -0.4 is 11.1 Å². The van der Waals surface area contributed by atoms with Gasteiger partial charge in [-0.1, -0.05) is 6.92 Å². The summed E-state index contributed by atoms with van der Waals surface area (Å²) in [5, 5.41) is 7.31. The quantitative estimate of drug-likeness (QED) is 0.782. The van der Waals surface area contributed by atoms with Crippen molar-refractivity contribution < 1.29 is 4.79 Å². The Morgan fingerprint density at radius 2 is 2.18 bits per heavy atom. The van der Waals surface area contributed by atoms with Crippen molar-refractivity contribution in [1.82, 2.24) is 14.7 Å². The molecule has 0 atom stereocenters. The van der Waals surface area contributed by atoms with Crippen LogP contribution in [0, 0.1) is 0 Å². The highest BCUT2D eigenvalue weighted by atomic mass is 16.2. The van der Waals surface area contributed by atoms with Crippen LogP contribution in [-0.4, -0.2) is 40.7 Å². The summed E-state index contributed by atoms with van der Waals surface area (Å²) >= 11 is 0. The lowest BCUT2D eigenvalue weighted by Crippen LogP contribution is -2.32. The van der Waals surface area contributed by atoms with Crippen molar-refractivity contribution in [3.05, 3.63) is 5.69 Å². The molecule has 0 aliphatic rings. The minimum Gasteiger partial charge on any atom is -0.394 e. The average molecular weight is 239 g/mol. The molecule has 3 N–H and O–H groups in total. The van der Waals surface area contributed by atoms with Gasteiger partial charge in [-0.2, -0.15) is 5.10 Å². The van der Waals surface area contributed by atoms with Crippen molar-refractivity contribution in [3.8, 4) is 0 Å². The largest absolute Gasteiger partial charge is 0.394 e. The summed E-state index contributed by atoms with van der Waals surface area (Å²) in [4.78, 5) is 13.3. The van der Waals surface area contributed by atoms with Gasteiger partial charge in [-0.25, -0.2) is 0 Å². The zero-order chi connectivity index (χ0) is 13.0. The Hall–Kier alpha value is -1.72. The van der Waals surface area contributed by atoms with Crippen molar-refractivity contribution in [1.29, 1.82) is 0 Å². The number of aromatic nitrogens is 2. The summed E-state index contributed by atoms with van der Waals surface area (Å²) in [6.45, 7) is 4.86. The Kier molecular flexibility index (Phi) is 4.37. The Balaban J connectivity index is 2.69. The van der Waals surface area contributed by atoms with Crippen molar-refractivity contribution in [2.45, 2.75) is 20.3 Å². The second-order valence-corrected chi connectivity index (χ2v) is 3.95. The van der Waals surface area contributed by atoms with Gasteiger partial charge in [0.05, 0.1) is 17.9 Å². The van der Waals surface area contributed by atoms with Gasteiger partial charge in [0.25, 0.3) is 0 Å². The maximum absolute atomic E-state index is 11.6. The van der Waals surface area contributed by atoms with Crippen LogP contribution in [0.25, 0.3) is 0 Å². The second kappa shape index (κ2) is 5.56. The van der Waals surface area contributed by atoms with E-state index in [9.17, 15) is 4.79 Å². The minimum absolute atomic E-state index is 0.0335. The smallest absolute Gasteiger partial charge is 0.241 e. The third-order valence-electron chi connectivity index (χ3n) is 2.80. The second-order valence-electron chi connectivity index (χ2n) is 3.95. The molecule has 0 aromatic carbocycles. The van der Waals surface area contributed by atoms with Crippen LogP contribution in [0.5, 0.6) is 0 Å². The zero-order valence-electron chi connectivity index (χ0n) is 10.9. The summed E-state index contributed by atoms with van der Waals surface area (Å²) in [5.74, 6) is 0.742. The summed E-state index contributed by atoms with van der Waals surface area (Å²) in [7, 11) is 3.58. The fraction of sp³-hybridized carbons (Fsp3) is 0.636. The lowest BCUT2D eigenvalue weighted by atomic mass is 10.3. The normalized spacial score (nSPS) is 10.4. The number of amides is 1. The van der Waals surface area contributed by atoms with Crippen molar-refractivity contribution in [3.63, 3.8) is 0 Å². The van der Waals surface area contributed by atoms with E-state index in [0.717, 1.165) is 12.1 Å². The lowest BCUT2D eigenvalue weighted by Gasteiger charge is -2.15. The zero-order valence-corrected chi connectivity index (χ0v) is 10.9. The average Bonchev–Trinajstić information content (AvgIpc) is 2.60. The molecule has 1 rings (SSSR count). The molecule has 1 aromatic heterocycles. The summed E-state index contributed by atoms with van der Waals surface area (Å²) < 4.78 is 1.67. The maximum Gasteiger partial charge on any atom is 0.241 e. The predicted molar refractivity (Wildman–Crippen MR) is 68.8 cm³/mol. The van der Waals surface area contributed by atoms with Crippen molar-refractivity contribution >= 4 is 17.4 Å². The molecule has 0 spiro atoms. The summed E-state index contributed by atoms with van der Waals surface area (Å²) in [6.07, 6.45) is 0.782. The van der Waals surface area contributed by atoms with Gasteiger partial charge in [-0.3, -0.25) is 9.48 Å². The number of hydrogen-bond acceptors (Lipinski definition) is 4. The molecule has 0 saturated carbocycles. The van der Waals surface area contributed by atoms with Gasteiger partial charge >= 0.3 is 0 Å². The molecule has 0 fully saturated rings. The highest BCUT2D eigenvalue weighted by Crippen LogP contribution is 2.21.